The molecule has 0 aromatic rings. The lowest BCUT2D eigenvalue weighted by molar-refractivity contribution is 0.0566. The minimum Gasteiger partial charge on any atom is -0.394 e. The number of nitrogens with zero attached hydrogens (tertiary/aromatic N) is 1. The Hall–Kier alpha value is -0.120. The van der Waals surface area contributed by atoms with E-state index in [0.717, 1.165) is 31.2 Å². The number of fused-ring (bicyclic) bond motifs is 1. The number of likely N-dealkylation sites (tertiary alicyclic amines) is 1. The van der Waals surface area contributed by atoms with Crippen molar-refractivity contribution in [3.63, 3.8) is 0 Å². The summed E-state index contributed by atoms with van der Waals surface area (Å²) >= 11 is 0. The summed E-state index contributed by atoms with van der Waals surface area (Å²) in [6.07, 6.45) is 11.5. The lowest BCUT2D eigenvalue weighted by Gasteiger charge is -2.44. The van der Waals surface area contributed by atoms with Crippen LogP contribution in [-0.4, -0.2) is 41.3 Å². The first-order valence-electron chi connectivity index (χ1n) is 8.32. The van der Waals surface area contributed by atoms with Crippen LogP contribution in [0, 0.1) is 5.92 Å². The summed E-state index contributed by atoms with van der Waals surface area (Å²) in [6.45, 7) is 4.66. The molecule has 3 N–H and O–H groups in total. The number of nitrogens with two attached hydrogens (primary N) is 1. The Balaban J connectivity index is 1.78. The van der Waals surface area contributed by atoms with Gasteiger partial charge in [0.05, 0.1) is 6.61 Å². The summed E-state index contributed by atoms with van der Waals surface area (Å²) in [6, 6.07) is 0.852. The quantitative estimate of drug-likeness (QED) is 0.778. The van der Waals surface area contributed by atoms with Crippen LogP contribution in [0.2, 0.25) is 0 Å². The number of hydrogen-bond donors (Lipinski definition) is 2. The van der Waals surface area contributed by atoms with Gasteiger partial charge in [-0.3, -0.25) is 0 Å². The van der Waals surface area contributed by atoms with Crippen molar-refractivity contribution in [2.24, 2.45) is 11.7 Å². The smallest absolute Gasteiger partial charge is 0.0611 e. The Morgan fingerprint density at radius 1 is 1.21 bits per heavy atom. The van der Waals surface area contributed by atoms with Gasteiger partial charge in [0.1, 0.15) is 0 Å². The van der Waals surface area contributed by atoms with Crippen molar-refractivity contribution in [2.75, 3.05) is 19.7 Å². The van der Waals surface area contributed by atoms with E-state index < -0.39 is 0 Å². The highest BCUT2D eigenvalue weighted by Crippen LogP contribution is 2.35. The van der Waals surface area contributed by atoms with Gasteiger partial charge in [-0.1, -0.05) is 19.8 Å². The first-order valence-corrected chi connectivity index (χ1v) is 8.32. The van der Waals surface area contributed by atoms with Gasteiger partial charge in [-0.25, -0.2) is 0 Å². The van der Waals surface area contributed by atoms with Crippen molar-refractivity contribution in [2.45, 2.75) is 76.3 Å². The largest absolute Gasteiger partial charge is 0.394 e. The number of rotatable bonds is 6. The normalized spacial score (nSPS) is 31.7. The van der Waals surface area contributed by atoms with E-state index in [1.165, 1.54) is 51.6 Å². The number of aliphatic hydroxyl groups is 1. The van der Waals surface area contributed by atoms with E-state index in [-0.39, 0.29) is 12.1 Å². The molecular formula is C16H32N2O. The Labute approximate surface area is 118 Å². The highest BCUT2D eigenvalue weighted by atomic mass is 16.3. The molecule has 0 spiro atoms. The van der Waals surface area contributed by atoms with Crippen LogP contribution in [0.3, 0.4) is 0 Å². The Morgan fingerprint density at radius 3 is 2.68 bits per heavy atom. The zero-order chi connectivity index (χ0) is 13.7. The van der Waals surface area contributed by atoms with Crippen LogP contribution in [0.1, 0.15) is 64.7 Å². The van der Waals surface area contributed by atoms with E-state index in [2.05, 4.69) is 11.8 Å². The molecule has 19 heavy (non-hydrogen) atoms. The summed E-state index contributed by atoms with van der Waals surface area (Å²) in [4.78, 5) is 2.72. The van der Waals surface area contributed by atoms with Gasteiger partial charge in [-0.15, -0.1) is 0 Å². The van der Waals surface area contributed by atoms with Crippen LogP contribution in [0.25, 0.3) is 0 Å². The SMILES string of the molecule is CCC(N)(CO)CCCN1CCC[C@H]2CCCC[C@H]21. The summed E-state index contributed by atoms with van der Waals surface area (Å²) < 4.78 is 0. The monoisotopic (exact) mass is 268 g/mol. The standard InChI is InChI=1S/C16H32N2O/c1-2-16(17,13-19)10-6-12-18-11-5-8-14-7-3-4-9-15(14)18/h14-15,19H,2-13,17H2,1H3/t14-,15-,16?/m1/s1. The second kappa shape index (κ2) is 7.05. The average Bonchev–Trinajstić information content (AvgIpc) is 2.47. The van der Waals surface area contributed by atoms with Gasteiger partial charge in [0.2, 0.25) is 0 Å². The summed E-state index contributed by atoms with van der Waals surface area (Å²) in [5.74, 6) is 0.967. The zero-order valence-corrected chi connectivity index (χ0v) is 12.6. The fourth-order valence-corrected chi connectivity index (χ4v) is 4.01. The third-order valence-corrected chi connectivity index (χ3v) is 5.50. The fraction of sp³-hybridized carbons (Fsp3) is 1.00. The van der Waals surface area contributed by atoms with Crippen LogP contribution in [0.4, 0.5) is 0 Å². The van der Waals surface area contributed by atoms with Crippen LogP contribution in [0.5, 0.6) is 0 Å². The van der Waals surface area contributed by atoms with Crippen LogP contribution in [0.15, 0.2) is 0 Å². The van der Waals surface area contributed by atoms with Gasteiger partial charge >= 0.3 is 0 Å². The highest BCUT2D eigenvalue weighted by molar-refractivity contribution is 4.88. The van der Waals surface area contributed by atoms with Crippen molar-refractivity contribution in [1.82, 2.24) is 4.90 Å². The summed E-state index contributed by atoms with van der Waals surface area (Å²) in [7, 11) is 0. The highest BCUT2D eigenvalue weighted by Gasteiger charge is 2.33. The molecule has 3 atom stereocenters. The molecule has 1 aliphatic heterocycles. The molecule has 3 nitrogen and oxygen atoms in total. The summed E-state index contributed by atoms with van der Waals surface area (Å²) in [5.41, 5.74) is 5.83. The summed E-state index contributed by atoms with van der Waals surface area (Å²) in [5, 5.41) is 9.37. The average molecular weight is 268 g/mol. The van der Waals surface area contributed by atoms with Crippen molar-refractivity contribution < 1.29 is 5.11 Å². The molecule has 2 aliphatic rings. The third kappa shape index (κ3) is 3.93. The number of aliphatic hydroxyl groups excluding tert-OH is 1. The Bertz CT molecular complexity index is 263. The minimum atomic E-state index is -0.345. The molecule has 1 unspecified atom stereocenters. The Kier molecular flexibility index (Phi) is 5.67. The molecule has 0 aromatic heterocycles. The van der Waals surface area contributed by atoms with E-state index in [4.69, 9.17) is 5.73 Å². The molecule has 1 saturated heterocycles. The maximum Gasteiger partial charge on any atom is 0.0611 e. The fourth-order valence-electron chi connectivity index (χ4n) is 4.01. The second-order valence-corrected chi connectivity index (χ2v) is 6.77. The van der Waals surface area contributed by atoms with Crippen LogP contribution < -0.4 is 5.73 Å². The third-order valence-electron chi connectivity index (χ3n) is 5.50. The van der Waals surface area contributed by atoms with Crippen molar-refractivity contribution >= 4 is 0 Å². The van der Waals surface area contributed by atoms with E-state index in [1.54, 1.807) is 0 Å². The Morgan fingerprint density at radius 2 is 1.95 bits per heavy atom. The van der Waals surface area contributed by atoms with Gasteiger partial charge in [-0.2, -0.15) is 0 Å². The van der Waals surface area contributed by atoms with Crippen LogP contribution in [-0.2, 0) is 0 Å². The molecule has 3 heteroatoms. The topological polar surface area (TPSA) is 49.5 Å². The number of hydrogen-bond acceptors (Lipinski definition) is 3. The molecule has 1 saturated carbocycles. The van der Waals surface area contributed by atoms with E-state index in [9.17, 15) is 5.11 Å². The van der Waals surface area contributed by atoms with Crippen molar-refractivity contribution in [3.8, 4) is 0 Å². The van der Waals surface area contributed by atoms with Gasteiger partial charge in [0.15, 0.2) is 0 Å². The van der Waals surface area contributed by atoms with Gasteiger partial charge < -0.3 is 15.7 Å². The molecule has 112 valence electrons. The van der Waals surface area contributed by atoms with E-state index >= 15 is 0 Å². The van der Waals surface area contributed by atoms with Crippen LogP contribution >= 0.6 is 0 Å². The van der Waals surface area contributed by atoms with E-state index in [1.807, 2.05) is 0 Å². The van der Waals surface area contributed by atoms with Gasteiger partial charge in [0, 0.05) is 11.6 Å². The predicted molar refractivity (Wildman–Crippen MR) is 80.1 cm³/mol. The lowest BCUT2D eigenvalue weighted by Crippen LogP contribution is -2.48. The first kappa shape index (κ1) is 15.3. The first-order chi connectivity index (χ1) is 9.18. The minimum absolute atomic E-state index is 0.121. The molecule has 0 aromatic carbocycles. The zero-order valence-electron chi connectivity index (χ0n) is 12.6. The molecule has 2 fully saturated rings. The molecule has 2 rings (SSSR count). The van der Waals surface area contributed by atoms with Gasteiger partial charge in [-0.05, 0) is 64.0 Å². The molecular weight excluding hydrogens is 236 g/mol. The lowest BCUT2D eigenvalue weighted by atomic mass is 9.78. The van der Waals surface area contributed by atoms with E-state index in [0.29, 0.717) is 0 Å². The molecule has 0 bridgehead atoms. The maximum atomic E-state index is 9.37. The second-order valence-electron chi connectivity index (χ2n) is 6.77. The molecule has 1 aliphatic carbocycles. The van der Waals surface area contributed by atoms with Crippen molar-refractivity contribution in [1.29, 1.82) is 0 Å². The van der Waals surface area contributed by atoms with Gasteiger partial charge in [0.25, 0.3) is 0 Å². The van der Waals surface area contributed by atoms with Crippen molar-refractivity contribution in [3.05, 3.63) is 0 Å². The predicted octanol–water partition coefficient (Wildman–Crippen LogP) is 2.52. The maximum absolute atomic E-state index is 9.37. The molecule has 1 heterocycles. The number of piperidine rings is 1. The molecule has 0 radical (unpaired) electrons. The molecule has 0 amide bonds.